The van der Waals surface area contributed by atoms with E-state index in [4.69, 9.17) is 31.2 Å². The van der Waals surface area contributed by atoms with Crippen LogP contribution in [0.5, 0.6) is 11.5 Å². The molecular weight excluding hydrogens is 434 g/mol. The summed E-state index contributed by atoms with van der Waals surface area (Å²) < 4.78 is 16.3. The summed E-state index contributed by atoms with van der Waals surface area (Å²) in [5, 5.41) is 6.48. The van der Waals surface area contributed by atoms with E-state index in [1.807, 2.05) is 12.1 Å². The largest absolute Gasteiger partial charge is 0.497 e. The molecule has 2 aromatic carbocycles. The Hall–Kier alpha value is -3.78. The maximum atomic E-state index is 13.1. The van der Waals surface area contributed by atoms with E-state index >= 15 is 0 Å². The molecular formula is C23H20ClN3O5. The van der Waals surface area contributed by atoms with Crippen molar-refractivity contribution in [1.29, 1.82) is 0 Å². The van der Waals surface area contributed by atoms with Crippen molar-refractivity contribution in [2.24, 2.45) is 10.8 Å². The topological polar surface area (TPSA) is 107 Å². The summed E-state index contributed by atoms with van der Waals surface area (Å²) in [7, 11) is 1.49. The van der Waals surface area contributed by atoms with Gasteiger partial charge in [0.2, 0.25) is 0 Å². The van der Waals surface area contributed by atoms with Crippen molar-refractivity contribution in [2.75, 3.05) is 13.7 Å². The van der Waals surface area contributed by atoms with Gasteiger partial charge in [-0.3, -0.25) is 9.59 Å². The fourth-order valence-corrected chi connectivity index (χ4v) is 3.54. The SMILES string of the molecule is COc1ccc(C(N)=O)c(OCC(=O)N2N=C(c3ccc(Cl)cc3)CC2c2ccco2)c1. The van der Waals surface area contributed by atoms with Crippen LogP contribution < -0.4 is 15.2 Å². The molecule has 2 heterocycles. The number of ether oxygens (including phenoxy) is 2. The van der Waals surface area contributed by atoms with Crippen molar-refractivity contribution in [3.8, 4) is 11.5 Å². The fraction of sp³-hybridized carbons (Fsp3) is 0.174. The van der Waals surface area contributed by atoms with Gasteiger partial charge in [0.15, 0.2) is 6.61 Å². The third-order valence-corrected chi connectivity index (χ3v) is 5.27. The van der Waals surface area contributed by atoms with Crippen LogP contribution in [0, 0.1) is 0 Å². The van der Waals surface area contributed by atoms with E-state index in [1.54, 1.807) is 36.6 Å². The Bertz CT molecular complexity index is 1160. The summed E-state index contributed by atoms with van der Waals surface area (Å²) in [5.74, 6) is 0.141. The molecule has 1 unspecified atom stereocenters. The van der Waals surface area contributed by atoms with Gasteiger partial charge in [0.1, 0.15) is 23.3 Å². The Labute approximate surface area is 189 Å². The zero-order valence-corrected chi connectivity index (χ0v) is 17.9. The van der Waals surface area contributed by atoms with Crippen LogP contribution in [-0.2, 0) is 4.79 Å². The lowest BCUT2D eigenvalue weighted by molar-refractivity contribution is -0.135. The molecule has 0 bridgehead atoms. The molecule has 0 radical (unpaired) electrons. The first kappa shape index (κ1) is 21.5. The number of carbonyl (C=O) groups excluding carboxylic acids is 2. The first-order valence-corrected chi connectivity index (χ1v) is 10.1. The van der Waals surface area contributed by atoms with Crippen molar-refractivity contribution in [3.05, 3.63) is 82.8 Å². The second-order valence-corrected chi connectivity index (χ2v) is 7.48. The minimum absolute atomic E-state index is 0.146. The van der Waals surface area contributed by atoms with E-state index in [9.17, 15) is 9.59 Å². The van der Waals surface area contributed by atoms with Crippen LogP contribution in [0.15, 0.2) is 70.4 Å². The predicted octanol–water partition coefficient (Wildman–Crippen LogP) is 3.80. The molecule has 8 nitrogen and oxygen atoms in total. The second-order valence-electron chi connectivity index (χ2n) is 7.04. The fourth-order valence-electron chi connectivity index (χ4n) is 3.42. The monoisotopic (exact) mass is 453 g/mol. The molecule has 1 aromatic heterocycles. The molecule has 164 valence electrons. The summed E-state index contributed by atoms with van der Waals surface area (Å²) in [6.45, 7) is -0.359. The first-order chi connectivity index (χ1) is 15.5. The van der Waals surface area contributed by atoms with Crippen LogP contribution in [0.2, 0.25) is 5.02 Å². The Kier molecular flexibility index (Phi) is 6.13. The standard InChI is InChI=1S/C23H20ClN3O5/c1-30-16-8-9-17(23(25)29)21(11-16)32-13-22(28)27-19(20-3-2-10-31-20)12-18(26-27)14-4-6-15(24)7-5-14/h2-11,19H,12-13H2,1H3,(H2,25,29). The van der Waals surface area contributed by atoms with Gasteiger partial charge in [-0.15, -0.1) is 0 Å². The van der Waals surface area contributed by atoms with E-state index in [0.29, 0.717) is 23.0 Å². The number of nitrogens with two attached hydrogens (primary N) is 1. The van der Waals surface area contributed by atoms with Gasteiger partial charge in [0.25, 0.3) is 11.8 Å². The zero-order chi connectivity index (χ0) is 22.7. The summed E-state index contributed by atoms with van der Waals surface area (Å²) in [6, 6.07) is 14.9. The van der Waals surface area contributed by atoms with Crippen molar-refractivity contribution in [3.63, 3.8) is 0 Å². The van der Waals surface area contributed by atoms with Gasteiger partial charge in [-0.05, 0) is 42.0 Å². The average Bonchev–Trinajstić information content (AvgIpc) is 3.47. The summed E-state index contributed by atoms with van der Waals surface area (Å²) in [4.78, 5) is 24.8. The maximum Gasteiger partial charge on any atom is 0.281 e. The number of benzene rings is 2. The predicted molar refractivity (Wildman–Crippen MR) is 118 cm³/mol. The third kappa shape index (κ3) is 4.45. The Balaban J connectivity index is 1.57. The Morgan fingerprint density at radius 2 is 2.00 bits per heavy atom. The van der Waals surface area contributed by atoms with Crippen molar-refractivity contribution < 1.29 is 23.5 Å². The molecule has 0 fully saturated rings. The number of primary amides is 1. The van der Waals surface area contributed by atoms with Gasteiger partial charge in [0, 0.05) is 17.5 Å². The third-order valence-electron chi connectivity index (χ3n) is 5.02. The molecule has 1 atom stereocenters. The lowest BCUT2D eigenvalue weighted by Gasteiger charge is -2.20. The first-order valence-electron chi connectivity index (χ1n) is 9.76. The maximum absolute atomic E-state index is 13.1. The zero-order valence-electron chi connectivity index (χ0n) is 17.2. The van der Waals surface area contributed by atoms with E-state index in [-0.39, 0.29) is 17.9 Å². The minimum atomic E-state index is -0.673. The van der Waals surface area contributed by atoms with Crippen molar-refractivity contribution >= 4 is 29.1 Å². The number of halogens is 1. The van der Waals surface area contributed by atoms with Crippen molar-refractivity contribution in [1.82, 2.24) is 5.01 Å². The number of hydrogen-bond acceptors (Lipinski definition) is 6. The molecule has 2 amide bonds. The number of amides is 2. The molecule has 32 heavy (non-hydrogen) atoms. The highest BCUT2D eigenvalue weighted by Crippen LogP contribution is 2.33. The molecule has 9 heteroatoms. The number of hydrazone groups is 1. The summed E-state index contributed by atoms with van der Waals surface area (Å²) in [6.07, 6.45) is 2.01. The molecule has 3 aromatic rings. The quantitative estimate of drug-likeness (QED) is 0.585. The summed E-state index contributed by atoms with van der Waals surface area (Å²) >= 11 is 5.99. The highest BCUT2D eigenvalue weighted by Gasteiger charge is 2.35. The molecule has 1 aliphatic rings. The normalized spacial score (nSPS) is 15.4. The van der Waals surface area contributed by atoms with Crippen LogP contribution in [-0.4, -0.2) is 36.3 Å². The number of carbonyl (C=O) groups is 2. The van der Waals surface area contributed by atoms with Crippen molar-refractivity contribution in [2.45, 2.75) is 12.5 Å². The van der Waals surface area contributed by atoms with Crippen LogP contribution in [0.4, 0.5) is 0 Å². The minimum Gasteiger partial charge on any atom is -0.497 e. The molecule has 0 saturated heterocycles. The molecule has 0 saturated carbocycles. The van der Waals surface area contributed by atoms with Crippen LogP contribution in [0.25, 0.3) is 0 Å². The highest BCUT2D eigenvalue weighted by molar-refractivity contribution is 6.30. The molecule has 0 spiro atoms. The van der Waals surface area contributed by atoms with E-state index in [0.717, 1.165) is 11.3 Å². The Morgan fingerprint density at radius 3 is 2.66 bits per heavy atom. The summed E-state index contributed by atoms with van der Waals surface area (Å²) in [5.41, 5.74) is 7.13. The van der Waals surface area contributed by atoms with E-state index in [2.05, 4.69) is 5.10 Å². The molecule has 4 rings (SSSR count). The molecule has 0 aliphatic carbocycles. The van der Waals surface area contributed by atoms with Crippen LogP contribution in [0.1, 0.15) is 34.1 Å². The number of methoxy groups -OCH3 is 1. The second kappa shape index (κ2) is 9.15. The lowest BCUT2D eigenvalue weighted by atomic mass is 10.0. The van der Waals surface area contributed by atoms with E-state index in [1.165, 1.54) is 24.3 Å². The van der Waals surface area contributed by atoms with Gasteiger partial charge < -0.3 is 19.6 Å². The van der Waals surface area contributed by atoms with Gasteiger partial charge in [-0.25, -0.2) is 5.01 Å². The van der Waals surface area contributed by atoms with Crippen LogP contribution >= 0.6 is 11.6 Å². The van der Waals surface area contributed by atoms with Gasteiger partial charge in [0.05, 0.1) is 24.6 Å². The smallest absolute Gasteiger partial charge is 0.281 e. The van der Waals surface area contributed by atoms with E-state index < -0.39 is 17.9 Å². The van der Waals surface area contributed by atoms with Gasteiger partial charge in [-0.2, -0.15) is 5.10 Å². The number of furan rings is 1. The number of rotatable bonds is 7. The Morgan fingerprint density at radius 1 is 1.22 bits per heavy atom. The molecule has 1 aliphatic heterocycles. The average molecular weight is 454 g/mol. The van der Waals surface area contributed by atoms with Crippen LogP contribution in [0.3, 0.4) is 0 Å². The molecule has 2 N–H and O–H groups in total. The highest BCUT2D eigenvalue weighted by atomic mass is 35.5. The van der Waals surface area contributed by atoms with Gasteiger partial charge >= 0.3 is 0 Å². The lowest BCUT2D eigenvalue weighted by Crippen LogP contribution is -2.31. The number of nitrogens with zero attached hydrogens (tertiary/aromatic N) is 2. The number of hydrogen-bond donors (Lipinski definition) is 1. The van der Waals surface area contributed by atoms with Gasteiger partial charge in [-0.1, -0.05) is 23.7 Å².